The lowest BCUT2D eigenvalue weighted by Crippen LogP contribution is -2.41. The van der Waals surface area contributed by atoms with E-state index in [2.05, 4.69) is 22.8 Å². The molecule has 3 nitrogen and oxygen atoms in total. The molecule has 1 N–H and O–H groups in total. The Bertz CT molecular complexity index is 461. The van der Waals surface area contributed by atoms with Crippen LogP contribution in [0, 0.1) is 0 Å². The SMILES string of the molecule is CC(CN1CCCC1)NC(=O)c1cc(S)ccc1Cl. The van der Waals surface area contributed by atoms with Gasteiger partial charge in [-0.05, 0) is 51.1 Å². The molecule has 1 heterocycles. The predicted molar refractivity (Wildman–Crippen MR) is 81.3 cm³/mol. The van der Waals surface area contributed by atoms with Crippen molar-refractivity contribution in [2.75, 3.05) is 19.6 Å². The van der Waals surface area contributed by atoms with Gasteiger partial charge in [-0.2, -0.15) is 0 Å². The Morgan fingerprint density at radius 3 is 2.84 bits per heavy atom. The van der Waals surface area contributed by atoms with Crippen LogP contribution in [0.15, 0.2) is 23.1 Å². The molecule has 0 bridgehead atoms. The maximum absolute atomic E-state index is 12.2. The van der Waals surface area contributed by atoms with Crippen molar-refractivity contribution >= 4 is 30.1 Å². The van der Waals surface area contributed by atoms with E-state index in [4.69, 9.17) is 11.6 Å². The number of hydrogen-bond donors (Lipinski definition) is 2. The van der Waals surface area contributed by atoms with E-state index in [0.717, 1.165) is 24.5 Å². The molecule has 0 aliphatic carbocycles. The molecule has 1 atom stereocenters. The molecule has 1 saturated heterocycles. The van der Waals surface area contributed by atoms with Crippen LogP contribution in [0.1, 0.15) is 30.1 Å². The van der Waals surface area contributed by atoms with Crippen molar-refractivity contribution in [3.05, 3.63) is 28.8 Å². The molecule has 0 spiro atoms. The number of thiol groups is 1. The molecule has 5 heteroatoms. The molecule has 19 heavy (non-hydrogen) atoms. The van der Waals surface area contributed by atoms with Crippen molar-refractivity contribution in [1.82, 2.24) is 10.2 Å². The number of amides is 1. The number of likely N-dealkylation sites (tertiary alicyclic amines) is 1. The summed E-state index contributed by atoms with van der Waals surface area (Å²) in [5, 5.41) is 3.45. The first-order valence-electron chi connectivity index (χ1n) is 6.58. The summed E-state index contributed by atoms with van der Waals surface area (Å²) in [6.07, 6.45) is 2.52. The van der Waals surface area contributed by atoms with E-state index in [1.807, 2.05) is 6.92 Å². The minimum Gasteiger partial charge on any atom is -0.348 e. The minimum absolute atomic E-state index is 0.116. The van der Waals surface area contributed by atoms with Crippen LogP contribution < -0.4 is 5.32 Å². The fourth-order valence-electron chi connectivity index (χ4n) is 2.39. The van der Waals surface area contributed by atoms with E-state index in [1.54, 1.807) is 18.2 Å². The van der Waals surface area contributed by atoms with E-state index < -0.39 is 0 Å². The van der Waals surface area contributed by atoms with E-state index in [0.29, 0.717) is 10.6 Å². The minimum atomic E-state index is -0.132. The summed E-state index contributed by atoms with van der Waals surface area (Å²) in [6.45, 7) is 5.18. The lowest BCUT2D eigenvalue weighted by atomic mass is 10.2. The molecule has 1 aromatic carbocycles. The quantitative estimate of drug-likeness (QED) is 0.838. The fourth-order valence-corrected chi connectivity index (χ4v) is 2.79. The summed E-state index contributed by atoms with van der Waals surface area (Å²) >= 11 is 10.3. The highest BCUT2D eigenvalue weighted by atomic mass is 35.5. The van der Waals surface area contributed by atoms with Crippen molar-refractivity contribution in [3.8, 4) is 0 Å². The van der Waals surface area contributed by atoms with Crippen molar-refractivity contribution in [3.63, 3.8) is 0 Å². The van der Waals surface area contributed by atoms with Gasteiger partial charge in [-0.1, -0.05) is 11.6 Å². The van der Waals surface area contributed by atoms with Gasteiger partial charge in [0.1, 0.15) is 0 Å². The number of nitrogens with zero attached hydrogens (tertiary/aromatic N) is 1. The average Bonchev–Trinajstić information content (AvgIpc) is 2.84. The summed E-state index contributed by atoms with van der Waals surface area (Å²) in [6, 6.07) is 5.29. The lowest BCUT2D eigenvalue weighted by Gasteiger charge is -2.21. The van der Waals surface area contributed by atoms with Gasteiger partial charge in [0.25, 0.3) is 5.91 Å². The van der Waals surface area contributed by atoms with Crippen LogP contribution in [0.25, 0.3) is 0 Å². The highest BCUT2D eigenvalue weighted by molar-refractivity contribution is 7.80. The lowest BCUT2D eigenvalue weighted by molar-refractivity contribution is 0.0932. The monoisotopic (exact) mass is 298 g/mol. The van der Waals surface area contributed by atoms with Crippen LogP contribution >= 0.6 is 24.2 Å². The Morgan fingerprint density at radius 1 is 1.47 bits per heavy atom. The van der Waals surface area contributed by atoms with E-state index >= 15 is 0 Å². The summed E-state index contributed by atoms with van der Waals surface area (Å²) in [5.41, 5.74) is 0.488. The molecule has 0 radical (unpaired) electrons. The first-order chi connectivity index (χ1) is 9.06. The molecule has 1 unspecified atom stereocenters. The molecule has 0 saturated carbocycles. The number of carbonyl (C=O) groups excluding carboxylic acids is 1. The summed E-state index contributed by atoms with van der Waals surface area (Å²) in [4.78, 5) is 15.3. The van der Waals surface area contributed by atoms with Crippen molar-refractivity contribution < 1.29 is 4.79 Å². The number of rotatable bonds is 4. The zero-order chi connectivity index (χ0) is 13.8. The van der Waals surface area contributed by atoms with Gasteiger partial charge >= 0.3 is 0 Å². The third-order valence-corrected chi connectivity index (χ3v) is 3.91. The third kappa shape index (κ3) is 4.13. The van der Waals surface area contributed by atoms with Crippen LogP contribution in [0.2, 0.25) is 5.02 Å². The number of hydrogen-bond acceptors (Lipinski definition) is 3. The average molecular weight is 299 g/mol. The third-order valence-electron chi connectivity index (χ3n) is 3.30. The van der Waals surface area contributed by atoms with E-state index in [-0.39, 0.29) is 11.9 Å². The highest BCUT2D eigenvalue weighted by Gasteiger charge is 2.17. The molecule has 1 aliphatic heterocycles. The van der Waals surface area contributed by atoms with E-state index in [1.165, 1.54) is 12.8 Å². The maximum Gasteiger partial charge on any atom is 0.253 e. The maximum atomic E-state index is 12.2. The summed E-state index contributed by atoms with van der Waals surface area (Å²) < 4.78 is 0. The van der Waals surface area contributed by atoms with Gasteiger partial charge in [-0.25, -0.2) is 0 Å². The van der Waals surface area contributed by atoms with Gasteiger partial charge in [-0.3, -0.25) is 4.79 Å². The van der Waals surface area contributed by atoms with Gasteiger partial charge in [-0.15, -0.1) is 12.6 Å². The highest BCUT2D eigenvalue weighted by Crippen LogP contribution is 2.19. The molecular weight excluding hydrogens is 280 g/mol. The topological polar surface area (TPSA) is 32.3 Å². The van der Waals surface area contributed by atoms with Crippen LogP contribution in [-0.2, 0) is 0 Å². The summed E-state index contributed by atoms with van der Waals surface area (Å²) in [5.74, 6) is -0.132. The summed E-state index contributed by atoms with van der Waals surface area (Å²) in [7, 11) is 0. The predicted octanol–water partition coefficient (Wildman–Crippen LogP) is 2.84. The number of benzene rings is 1. The molecule has 2 rings (SSSR count). The van der Waals surface area contributed by atoms with Gasteiger partial charge in [0.15, 0.2) is 0 Å². The first-order valence-corrected chi connectivity index (χ1v) is 7.40. The molecule has 1 aromatic rings. The van der Waals surface area contributed by atoms with E-state index in [9.17, 15) is 4.79 Å². The molecule has 1 aliphatic rings. The van der Waals surface area contributed by atoms with Crippen molar-refractivity contribution in [2.45, 2.75) is 30.7 Å². The zero-order valence-electron chi connectivity index (χ0n) is 11.0. The fraction of sp³-hybridized carbons (Fsp3) is 0.500. The second-order valence-electron chi connectivity index (χ2n) is 5.05. The Hall–Kier alpha value is -0.710. The number of carbonyl (C=O) groups is 1. The first kappa shape index (κ1) is 14.7. The second kappa shape index (κ2) is 6.64. The largest absolute Gasteiger partial charge is 0.348 e. The molecule has 1 fully saturated rings. The molecular formula is C14H19ClN2OS. The standard InChI is InChI=1S/C14H19ClN2OS/c1-10(9-17-6-2-3-7-17)16-14(18)12-8-11(19)4-5-13(12)15/h4-5,8,10,19H,2-3,6-7,9H2,1H3,(H,16,18). The molecule has 0 aromatic heterocycles. The van der Waals surface area contributed by atoms with Crippen LogP contribution in [-0.4, -0.2) is 36.5 Å². The second-order valence-corrected chi connectivity index (χ2v) is 5.97. The Morgan fingerprint density at radius 2 is 2.16 bits per heavy atom. The van der Waals surface area contributed by atoms with Gasteiger partial charge in [0, 0.05) is 17.5 Å². The Labute approximate surface area is 124 Å². The zero-order valence-corrected chi connectivity index (χ0v) is 12.7. The Kier molecular flexibility index (Phi) is 5.13. The van der Waals surface area contributed by atoms with Crippen molar-refractivity contribution in [1.29, 1.82) is 0 Å². The number of nitrogens with one attached hydrogen (secondary N) is 1. The van der Waals surface area contributed by atoms with Gasteiger partial charge < -0.3 is 10.2 Å². The van der Waals surface area contributed by atoms with Gasteiger partial charge in [0.2, 0.25) is 0 Å². The van der Waals surface area contributed by atoms with Crippen LogP contribution in [0.3, 0.4) is 0 Å². The van der Waals surface area contributed by atoms with Crippen LogP contribution in [0.4, 0.5) is 0 Å². The molecule has 104 valence electrons. The van der Waals surface area contributed by atoms with Gasteiger partial charge in [0.05, 0.1) is 10.6 Å². The Balaban J connectivity index is 1.94. The normalized spacial score (nSPS) is 17.4. The number of halogens is 1. The smallest absolute Gasteiger partial charge is 0.253 e. The molecule has 1 amide bonds. The van der Waals surface area contributed by atoms with Crippen LogP contribution in [0.5, 0.6) is 0 Å². The van der Waals surface area contributed by atoms with Crippen molar-refractivity contribution in [2.24, 2.45) is 0 Å².